The van der Waals surface area contributed by atoms with Crippen molar-refractivity contribution in [2.24, 2.45) is 0 Å². The highest BCUT2D eigenvalue weighted by Gasteiger charge is 2.20. The predicted octanol–water partition coefficient (Wildman–Crippen LogP) is 5.10. The summed E-state index contributed by atoms with van der Waals surface area (Å²) in [5.74, 6) is 0. The minimum absolute atomic E-state index is 0.114. The van der Waals surface area contributed by atoms with E-state index in [4.69, 9.17) is 11.6 Å². The van der Waals surface area contributed by atoms with Crippen molar-refractivity contribution in [3.8, 4) is 0 Å². The van der Waals surface area contributed by atoms with Crippen LogP contribution < -0.4 is 0 Å². The molecule has 0 saturated carbocycles. The monoisotopic (exact) mass is 272 g/mol. The third-order valence-electron chi connectivity index (χ3n) is 3.31. The van der Waals surface area contributed by atoms with Crippen molar-refractivity contribution < 1.29 is 0 Å². The molecule has 0 spiro atoms. The van der Waals surface area contributed by atoms with Gasteiger partial charge in [0.15, 0.2) is 0 Å². The molecule has 1 atom stereocenters. The third-order valence-corrected chi connectivity index (χ3v) is 4.15. The highest BCUT2D eigenvalue weighted by molar-refractivity contribution is 7.80. The summed E-state index contributed by atoms with van der Waals surface area (Å²) in [6.45, 7) is 2.07. The van der Waals surface area contributed by atoms with E-state index >= 15 is 0 Å². The van der Waals surface area contributed by atoms with Gasteiger partial charge in [0.25, 0.3) is 0 Å². The summed E-state index contributed by atoms with van der Waals surface area (Å²) >= 11 is 11.2. The van der Waals surface area contributed by atoms with E-state index in [1.807, 2.05) is 12.1 Å². The predicted molar refractivity (Wildman–Crippen MR) is 81.5 cm³/mol. The van der Waals surface area contributed by atoms with E-state index in [1.54, 1.807) is 0 Å². The Morgan fingerprint density at radius 1 is 1.06 bits per heavy atom. The van der Waals surface area contributed by atoms with Gasteiger partial charge < -0.3 is 0 Å². The van der Waals surface area contributed by atoms with Crippen molar-refractivity contribution in [2.75, 3.05) is 0 Å². The Labute approximate surface area is 118 Å². The zero-order chi connectivity index (χ0) is 12.7. The molecule has 2 heteroatoms. The average Bonchev–Trinajstić information content (AvgIpc) is 2.49. The van der Waals surface area contributed by atoms with Crippen LogP contribution in [0.15, 0.2) is 41.3 Å². The Morgan fingerprint density at radius 3 is 2.67 bits per heavy atom. The van der Waals surface area contributed by atoms with Gasteiger partial charge in [-0.1, -0.05) is 42.5 Å². The molecule has 0 fully saturated rings. The first kappa shape index (κ1) is 11.9. The normalized spacial score (nSPS) is 16.9. The van der Waals surface area contributed by atoms with Crippen LogP contribution in [-0.4, -0.2) is 0 Å². The number of alkyl halides is 1. The van der Waals surface area contributed by atoms with Gasteiger partial charge in [-0.15, -0.1) is 24.2 Å². The molecule has 0 radical (unpaired) electrons. The van der Waals surface area contributed by atoms with Gasteiger partial charge in [-0.05, 0) is 40.8 Å². The molecule has 1 unspecified atom stereocenters. The van der Waals surface area contributed by atoms with Gasteiger partial charge in [-0.3, -0.25) is 0 Å². The highest BCUT2D eigenvalue weighted by Crippen LogP contribution is 2.39. The fraction of sp³-hybridized carbons (Fsp3) is 0.125. The Bertz CT molecular complexity index is 644. The number of benzene rings is 2. The maximum Gasteiger partial charge on any atom is 0.0847 e. The van der Waals surface area contributed by atoms with Gasteiger partial charge in [0.05, 0.1) is 5.38 Å². The lowest BCUT2D eigenvalue weighted by atomic mass is 9.97. The van der Waals surface area contributed by atoms with Gasteiger partial charge >= 0.3 is 0 Å². The van der Waals surface area contributed by atoms with Crippen LogP contribution in [0.4, 0.5) is 0 Å². The molecule has 18 heavy (non-hydrogen) atoms. The second-order valence-electron chi connectivity index (χ2n) is 4.61. The topological polar surface area (TPSA) is 0 Å². The summed E-state index contributed by atoms with van der Waals surface area (Å²) in [6.07, 6.45) is 4.23. The average molecular weight is 273 g/mol. The minimum Gasteiger partial charge on any atom is -0.143 e. The van der Waals surface area contributed by atoms with E-state index in [1.165, 1.54) is 11.1 Å². The number of hydrogen-bond acceptors (Lipinski definition) is 1. The Hall–Kier alpha value is -1.18. The first-order chi connectivity index (χ1) is 8.66. The molecule has 0 bridgehead atoms. The van der Waals surface area contributed by atoms with Crippen LogP contribution in [0.25, 0.3) is 12.2 Å². The molecule has 0 saturated heterocycles. The van der Waals surface area contributed by atoms with Crippen LogP contribution in [0.5, 0.6) is 0 Å². The molecule has 2 aromatic rings. The molecule has 2 aromatic carbocycles. The lowest BCUT2D eigenvalue weighted by Crippen LogP contribution is -1.98. The lowest BCUT2D eigenvalue weighted by molar-refractivity contribution is 1.11. The molecule has 90 valence electrons. The molecular formula is C16H13ClS. The number of rotatable bonds is 0. The zero-order valence-corrected chi connectivity index (χ0v) is 11.7. The fourth-order valence-electron chi connectivity index (χ4n) is 2.43. The van der Waals surface area contributed by atoms with Crippen LogP contribution in [0, 0.1) is 6.92 Å². The molecule has 1 aliphatic carbocycles. The van der Waals surface area contributed by atoms with Crippen LogP contribution in [-0.2, 0) is 0 Å². The summed E-state index contributed by atoms with van der Waals surface area (Å²) < 4.78 is 0. The number of thiol groups is 1. The Balaban J connectivity index is 2.29. The van der Waals surface area contributed by atoms with E-state index in [0.29, 0.717) is 0 Å². The van der Waals surface area contributed by atoms with E-state index in [-0.39, 0.29) is 5.38 Å². The van der Waals surface area contributed by atoms with Gasteiger partial charge in [0.2, 0.25) is 0 Å². The van der Waals surface area contributed by atoms with Crippen LogP contribution in [0.1, 0.15) is 33.2 Å². The van der Waals surface area contributed by atoms with E-state index in [0.717, 1.165) is 21.6 Å². The van der Waals surface area contributed by atoms with Crippen molar-refractivity contribution in [3.05, 3.63) is 64.2 Å². The number of hydrogen-bond donors (Lipinski definition) is 1. The fourth-order valence-corrected chi connectivity index (χ4v) is 3.22. The van der Waals surface area contributed by atoms with E-state index < -0.39 is 0 Å². The van der Waals surface area contributed by atoms with E-state index in [2.05, 4.69) is 56.0 Å². The summed E-state index contributed by atoms with van der Waals surface area (Å²) in [4.78, 5) is 0.986. The second kappa shape index (κ2) is 4.49. The molecule has 0 N–H and O–H groups in total. The van der Waals surface area contributed by atoms with Gasteiger partial charge in [0.1, 0.15) is 0 Å². The molecule has 0 heterocycles. The zero-order valence-electron chi connectivity index (χ0n) is 10.0. The second-order valence-corrected chi connectivity index (χ2v) is 5.53. The van der Waals surface area contributed by atoms with Crippen molar-refractivity contribution in [3.63, 3.8) is 0 Å². The minimum atomic E-state index is -0.114. The van der Waals surface area contributed by atoms with Crippen LogP contribution >= 0.6 is 24.2 Å². The Morgan fingerprint density at radius 2 is 1.83 bits per heavy atom. The lowest BCUT2D eigenvalue weighted by Gasteiger charge is -2.15. The summed E-state index contributed by atoms with van der Waals surface area (Å²) in [6, 6.07) is 12.5. The Kier molecular flexibility index (Phi) is 2.96. The number of halogens is 1. The van der Waals surface area contributed by atoms with Crippen molar-refractivity contribution in [1.82, 2.24) is 0 Å². The first-order valence-electron chi connectivity index (χ1n) is 5.91. The number of aryl methyl sites for hydroxylation is 1. The smallest absolute Gasteiger partial charge is 0.0847 e. The first-order valence-corrected chi connectivity index (χ1v) is 6.80. The molecule has 3 rings (SSSR count). The van der Waals surface area contributed by atoms with Crippen molar-refractivity contribution in [1.29, 1.82) is 0 Å². The summed E-state index contributed by atoms with van der Waals surface area (Å²) in [7, 11) is 0. The third kappa shape index (κ3) is 1.88. The molecular weight excluding hydrogens is 260 g/mol. The molecule has 0 aliphatic heterocycles. The largest absolute Gasteiger partial charge is 0.143 e. The van der Waals surface area contributed by atoms with Gasteiger partial charge in [0, 0.05) is 4.90 Å². The molecule has 0 aromatic heterocycles. The van der Waals surface area contributed by atoms with E-state index in [9.17, 15) is 0 Å². The van der Waals surface area contributed by atoms with Gasteiger partial charge in [-0.25, -0.2) is 0 Å². The number of fused-ring (bicyclic) bond motifs is 2. The molecule has 0 nitrogen and oxygen atoms in total. The molecule has 0 amide bonds. The maximum absolute atomic E-state index is 6.65. The van der Waals surface area contributed by atoms with Crippen LogP contribution in [0.2, 0.25) is 0 Å². The summed E-state index contributed by atoms with van der Waals surface area (Å²) in [5, 5.41) is -0.114. The molecule has 1 aliphatic rings. The standard InChI is InChI=1S/C16H13ClS/c1-10-8-14-13(15(18)9-10)7-6-11-4-2-3-5-12(11)16(14)17/h2-9,16,18H,1H3. The SMILES string of the molecule is Cc1cc(S)c2c(c1)C(Cl)c1ccccc1C=C2. The van der Waals surface area contributed by atoms with Crippen molar-refractivity contribution >= 4 is 36.4 Å². The quantitative estimate of drug-likeness (QED) is 0.501. The van der Waals surface area contributed by atoms with Crippen LogP contribution in [0.3, 0.4) is 0 Å². The highest BCUT2D eigenvalue weighted by atomic mass is 35.5. The van der Waals surface area contributed by atoms with Gasteiger partial charge in [-0.2, -0.15) is 0 Å². The maximum atomic E-state index is 6.65. The summed E-state index contributed by atoms with van der Waals surface area (Å²) in [5.41, 5.74) is 5.80. The van der Waals surface area contributed by atoms with Crippen molar-refractivity contribution in [2.45, 2.75) is 17.2 Å².